The number of nitrogens with zero attached hydrogens (tertiary/aromatic N) is 2. The summed E-state index contributed by atoms with van der Waals surface area (Å²) in [5.74, 6) is 0.0468. The Morgan fingerprint density at radius 1 is 1.13 bits per heavy atom. The van der Waals surface area contributed by atoms with Crippen LogP contribution < -0.4 is 5.56 Å². The number of likely N-dealkylation sites (tertiary alicyclic amines) is 1. The van der Waals surface area contributed by atoms with Crippen LogP contribution in [0.25, 0.3) is 0 Å². The third-order valence-corrected chi connectivity index (χ3v) is 6.01. The van der Waals surface area contributed by atoms with Gasteiger partial charge in [-0.3, -0.25) is 19.3 Å². The average molecular weight is 412 g/mol. The van der Waals surface area contributed by atoms with Crippen LogP contribution in [0.15, 0.2) is 41.2 Å². The fourth-order valence-corrected chi connectivity index (χ4v) is 4.43. The number of aromatic nitrogens is 1. The predicted octanol–water partition coefficient (Wildman–Crippen LogP) is 2.30. The number of pyridine rings is 1. The lowest BCUT2D eigenvalue weighted by molar-refractivity contribution is -0.122. The van der Waals surface area contributed by atoms with Crippen LogP contribution in [0, 0.1) is 0 Å². The smallest absolute Gasteiger partial charge is 0.290 e. The molecule has 0 aliphatic carbocycles. The number of piperidine rings is 1. The van der Waals surface area contributed by atoms with Crippen LogP contribution in [0.3, 0.4) is 0 Å². The fourth-order valence-electron chi connectivity index (χ4n) is 4.43. The maximum Gasteiger partial charge on any atom is 0.290 e. The topological polar surface area (TPSA) is 93.7 Å². The zero-order valence-electron chi connectivity index (χ0n) is 17.3. The average Bonchev–Trinajstić information content (AvgIpc) is 2.79. The van der Waals surface area contributed by atoms with Gasteiger partial charge in [-0.15, -0.1) is 0 Å². The first-order valence-corrected chi connectivity index (χ1v) is 10.5. The van der Waals surface area contributed by atoms with Gasteiger partial charge >= 0.3 is 0 Å². The number of carbonyl (C=O) groups excluding carboxylic acids is 1. The summed E-state index contributed by atoms with van der Waals surface area (Å²) in [7, 11) is 0. The van der Waals surface area contributed by atoms with Crippen LogP contribution in [0.2, 0.25) is 0 Å². The normalized spacial score (nSPS) is 16.9. The van der Waals surface area contributed by atoms with Gasteiger partial charge in [0.25, 0.3) is 12.4 Å². The molecule has 0 unspecified atom stereocenters. The summed E-state index contributed by atoms with van der Waals surface area (Å²) >= 11 is 0. The van der Waals surface area contributed by atoms with Gasteiger partial charge < -0.3 is 15.0 Å². The number of benzene rings is 1. The van der Waals surface area contributed by atoms with E-state index in [1.807, 2.05) is 11.8 Å². The molecule has 160 valence electrons. The number of rotatable bonds is 3. The van der Waals surface area contributed by atoms with Gasteiger partial charge in [0.1, 0.15) is 0 Å². The lowest BCUT2D eigenvalue weighted by Gasteiger charge is -2.40. The zero-order valence-corrected chi connectivity index (χ0v) is 17.3. The highest BCUT2D eigenvalue weighted by Crippen LogP contribution is 2.25. The fraction of sp³-hybridized carbons (Fsp3) is 0.435. The number of aryl methyl sites for hydroxylation is 1. The minimum absolute atomic E-state index is 0.0468. The highest BCUT2D eigenvalue weighted by atomic mass is 16.3. The monoisotopic (exact) mass is 411 g/mol. The van der Waals surface area contributed by atoms with E-state index in [0.717, 1.165) is 51.1 Å². The molecule has 0 radical (unpaired) electrons. The van der Waals surface area contributed by atoms with Gasteiger partial charge in [-0.1, -0.05) is 31.2 Å². The standard InChI is InChI=1S/C22H27N3O2.CH2O2/c1-2-20-19(7-8-21(26)23-20)22(27)24-13-10-18(11-14-24)25-12-9-16-5-3-4-6-17(16)15-25;2-1-3/h3-8,18H,2,9-15H2,1H3,(H,23,26);1H,(H,2,3). The summed E-state index contributed by atoms with van der Waals surface area (Å²) in [5.41, 5.74) is 4.16. The maximum absolute atomic E-state index is 12.9. The Bertz CT molecular complexity index is 932. The second-order valence-electron chi connectivity index (χ2n) is 7.69. The van der Waals surface area contributed by atoms with Crippen molar-refractivity contribution in [2.75, 3.05) is 19.6 Å². The van der Waals surface area contributed by atoms with Crippen molar-refractivity contribution >= 4 is 12.4 Å². The third-order valence-electron chi connectivity index (χ3n) is 6.01. The molecule has 1 aromatic heterocycles. The van der Waals surface area contributed by atoms with Crippen molar-refractivity contribution in [2.24, 2.45) is 0 Å². The molecule has 3 heterocycles. The first-order valence-electron chi connectivity index (χ1n) is 10.5. The number of carbonyl (C=O) groups is 2. The van der Waals surface area contributed by atoms with Crippen molar-refractivity contribution in [1.29, 1.82) is 0 Å². The van der Waals surface area contributed by atoms with E-state index in [1.165, 1.54) is 17.2 Å². The number of fused-ring (bicyclic) bond motifs is 1. The lowest BCUT2D eigenvalue weighted by atomic mass is 9.95. The molecular weight excluding hydrogens is 382 g/mol. The summed E-state index contributed by atoms with van der Waals surface area (Å²) < 4.78 is 0. The Kier molecular flexibility index (Phi) is 7.41. The molecule has 1 saturated heterocycles. The predicted molar refractivity (Wildman–Crippen MR) is 115 cm³/mol. The number of H-pyrrole nitrogens is 1. The Hall–Kier alpha value is -2.93. The number of nitrogens with one attached hydrogen (secondary N) is 1. The second kappa shape index (κ2) is 10.2. The van der Waals surface area contributed by atoms with Crippen LogP contribution in [0.4, 0.5) is 0 Å². The van der Waals surface area contributed by atoms with Crippen molar-refractivity contribution in [2.45, 2.75) is 45.2 Å². The number of hydrogen-bond donors (Lipinski definition) is 2. The lowest BCUT2D eigenvalue weighted by Crippen LogP contribution is -2.48. The third kappa shape index (κ3) is 4.97. The van der Waals surface area contributed by atoms with Crippen molar-refractivity contribution in [1.82, 2.24) is 14.8 Å². The molecule has 1 aromatic carbocycles. The molecule has 0 bridgehead atoms. The number of hydrogen-bond acceptors (Lipinski definition) is 4. The summed E-state index contributed by atoms with van der Waals surface area (Å²) in [6.45, 7) is 5.40. The molecule has 0 saturated carbocycles. The van der Waals surface area contributed by atoms with Crippen molar-refractivity contribution in [3.8, 4) is 0 Å². The molecule has 1 fully saturated rings. The Labute approximate surface area is 176 Å². The van der Waals surface area contributed by atoms with Gasteiger partial charge in [0.05, 0.1) is 5.56 Å². The summed E-state index contributed by atoms with van der Waals surface area (Å²) in [6, 6.07) is 12.4. The van der Waals surface area contributed by atoms with Crippen LogP contribution in [0.1, 0.15) is 46.9 Å². The molecule has 4 rings (SSSR count). The second-order valence-corrected chi connectivity index (χ2v) is 7.69. The van der Waals surface area contributed by atoms with Crippen LogP contribution in [0.5, 0.6) is 0 Å². The van der Waals surface area contributed by atoms with Crippen LogP contribution >= 0.6 is 0 Å². The molecular formula is C23H29N3O4. The molecule has 0 spiro atoms. The van der Waals surface area contributed by atoms with Gasteiger partial charge in [-0.25, -0.2) is 0 Å². The first-order chi connectivity index (χ1) is 14.6. The van der Waals surface area contributed by atoms with Crippen LogP contribution in [-0.4, -0.2) is 57.9 Å². The Morgan fingerprint density at radius 2 is 1.80 bits per heavy atom. The van der Waals surface area contributed by atoms with Crippen molar-refractivity contribution in [3.63, 3.8) is 0 Å². The first kappa shape index (κ1) is 21.8. The van der Waals surface area contributed by atoms with E-state index in [9.17, 15) is 9.59 Å². The summed E-state index contributed by atoms with van der Waals surface area (Å²) in [5, 5.41) is 6.89. The van der Waals surface area contributed by atoms with Gasteiger partial charge in [-0.05, 0) is 42.9 Å². The number of carboxylic acid groups (broad SMARTS) is 1. The van der Waals surface area contributed by atoms with E-state index in [4.69, 9.17) is 9.90 Å². The molecule has 1 amide bonds. The van der Waals surface area contributed by atoms with E-state index < -0.39 is 0 Å². The van der Waals surface area contributed by atoms with Gasteiger partial charge in [-0.2, -0.15) is 0 Å². The van der Waals surface area contributed by atoms with Gasteiger partial charge in [0.15, 0.2) is 0 Å². The quantitative estimate of drug-likeness (QED) is 0.756. The molecule has 2 aliphatic rings. The van der Waals surface area contributed by atoms with Gasteiger partial charge in [0.2, 0.25) is 5.56 Å². The minimum atomic E-state index is -0.250. The number of amides is 1. The highest BCUT2D eigenvalue weighted by Gasteiger charge is 2.29. The Balaban J connectivity index is 0.000000806. The molecule has 2 N–H and O–H groups in total. The van der Waals surface area contributed by atoms with Crippen LogP contribution in [-0.2, 0) is 24.2 Å². The van der Waals surface area contributed by atoms with E-state index in [2.05, 4.69) is 34.1 Å². The largest absolute Gasteiger partial charge is 0.483 e. The molecule has 0 atom stereocenters. The summed E-state index contributed by atoms with van der Waals surface area (Å²) in [4.78, 5) is 40.1. The van der Waals surface area contributed by atoms with Crippen molar-refractivity contribution in [3.05, 3.63) is 69.1 Å². The molecule has 2 aromatic rings. The molecule has 7 heteroatoms. The van der Waals surface area contributed by atoms with E-state index in [0.29, 0.717) is 18.0 Å². The van der Waals surface area contributed by atoms with E-state index in [-0.39, 0.29) is 17.9 Å². The number of aromatic amines is 1. The Morgan fingerprint density at radius 3 is 2.47 bits per heavy atom. The van der Waals surface area contributed by atoms with E-state index >= 15 is 0 Å². The zero-order chi connectivity index (χ0) is 21.5. The highest BCUT2D eigenvalue weighted by molar-refractivity contribution is 5.95. The molecule has 2 aliphatic heterocycles. The van der Waals surface area contributed by atoms with E-state index in [1.54, 1.807) is 6.07 Å². The van der Waals surface area contributed by atoms with Gasteiger partial charge in [0, 0.05) is 44.0 Å². The maximum atomic E-state index is 12.9. The minimum Gasteiger partial charge on any atom is -0.483 e. The summed E-state index contributed by atoms with van der Waals surface area (Å²) in [6.07, 6.45) is 3.80. The molecule has 7 nitrogen and oxygen atoms in total. The molecule has 30 heavy (non-hydrogen) atoms. The van der Waals surface area contributed by atoms with Crippen molar-refractivity contribution < 1.29 is 14.7 Å². The SMILES string of the molecule is CCc1[nH]c(=O)ccc1C(=O)N1CCC(N2CCc3ccccc3C2)CC1.O=CO.